The molecule has 0 saturated carbocycles. The molecule has 1 aromatic rings. The summed E-state index contributed by atoms with van der Waals surface area (Å²) in [4.78, 5) is 0. The van der Waals surface area contributed by atoms with Gasteiger partial charge in [0.1, 0.15) is 12.4 Å². The number of rotatable bonds is 4. The first-order valence-electron chi connectivity index (χ1n) is 5.47. The molecule has 1 aromatic carbocycles. The smallest absolute Gasteiger partial charge is 0.119 e. The quantitative estimate of drug-likeness (QED) is 0.823. The van der Waals surface area contributed by atoms with Crippen LogP contribution in [0.25, 0.3) is 0 Å². The minimum atomic E-state index is -0.243. The van der Waals surface area contributed by atoms with E-state index < -0.39 is 0 Å². The molecule has 0 spiro atoms. The van der Waals surface area contributed by atoms with Gasteiger partial charge in [-0.25, -0.2) is 0 Å². The van der Waals surface area contributed by atoms with Crippen molar-refractivity contribution in [2.24, 2.45) is 0 Å². The van der Waals surface area contributed by atoms with Gasteiger partial charge in [-0.2, -0.15) is 0 Å². The first kappa shape index (κ1) is 15.5. The molecule has 0 aliphatic rings. The summed E-state index contributed by atoms with van der Waals surface area (Å²) < 4.78 is 11.9. The zero-order valence-electron chi connectivity index (χ0n) is 10.7. The maximum Gasteiger partial charge on any atom is 0.119 e. The van der Waals surface area contributed by atoms with E-state index in [0.29, 0.717) is 6.61 Å². The Morgan fingerprint density at radius 1 is 1.12 bits per heavy atom. The summed E-state index contributed by atoms with van der Waals surface area (Å²) in [6.45, 7) is 8.53. The Labute approximate surface area is 107 Å². The molecule has 0 aliphatic carbocycles. The van der Waals surface area contributed by atoms with Crippen molar-refractivity contribution in [3.8, 4) is 5.75 Å². The standard InChI is InChI=1S/C11H15BrO2.C2H6/c1-11(2,13-3)8-14-10-6-4-9(12)5-7-10;1-2/h4-7H,8H2,1-3H3;1-2H3. The Kier molecular flexibility index (Phi) is 7.43. The van der Waals surface area contributed by atoms with Crippen molar-refractivity contribution in [3.63, 3.8) is 0 Å². The highest BCUT2D eigenvalue weighted by Crippen LogP contribution is 2.18. The van der Waals surface area contributed by atoms with Gasteiger partial charge in [-0.3, -0.25) is 0 Å². The topological polar surface area (TPSA) is 18.5 Å². The van der Waals surface area contributed by atoms with E-state index >= 15 is 0 Å². The zero-order valence-corrected chi connectivity index (χ0v) is 12.3. The van der Waals surface area contributed by atoms with Crippen molar-refractivity contribution in [2.75, 3.05) is 13.7 Å². The van der Waals surface area contributed by atoms with E-state index in [4.69, 9.17) is 9.47 Å². The van der Waals surface area contributed by atoms with Crippen LogP contribution in [0.15, 0.2) is 28.7 Å². The van der Waals surface area contributed by atoms with Crippen LogP contribution in [0, 0.1) is 0 Å². The normalized spacial score (nSPS) is 10.4. The monoisotopic (exact) mass is 288 g/mol. The Morgan fingerprint density at radius 2 is 1.62 bits per heavy atom. The lowest BCUT2D eigenvalue weighted by molar-refractivity contribution is -0.0146. The van der Waals surface area contributed by atoms with Gasteiger partial charge in [0, 0.05) is 11.6 Å². The van der Waals surface area contributed by atoms with Crippen molar-refractivity contribution >= 4 is 15.9 Å². The molecule has 0 heterocycles. The van der Waals surface area contributed by atoms with E-state index in [9.17, 15) is 0 Å². The third-order valence-electron chi connectivity index (χ3n) is 1.95. The van der Waals surface area contributed by atoms with Crippen LogP contribution < -0.4 is 4.74 Å². The lowest BCUT2D eigenvalue weighted by atomic mass is 10.1. The summed E-state index contributed by atoms with van der Waals surface area (Å²) in [5.74, 6) is 0.860. The molecule has 0 fully saturated rings. The molecule has 0 radical (unpaired) electrons. The average molecular weight is 289 g/mol. The van der Waals surface area contributed by atoms with Gasteiger partial charge in [0.25, 0.3) is 0 Å². The molecule has 0 N–H and O–H groups in total. The molecule has 0 unspecified atom stereocenters. The molecule has 0 bridgehead atoms. The van der Waals surface area contributed by atoms with Crippen LogP contribution in [0.5, 0.6) is 5.75 Å². The fraction of sp³-hybridized carbons (Fsp3) is 0.538. The Morgan fingerprint density at radius 3 is 2.06 bits per heavy atom. The molecule has 0 aromatic heterocycles. The van der Waals surface area contributed by atoms with E-state index in [1.165, 1.54) is 0 Å². The van der Waals surface area contributed by atoms with Crippen LogP contribution in [0.3, 0.4) is 0 Å². The number of halogens is 1. The maximum absolute atomic E-state index is 5.57. The van der Waals surface area contributed by atoms with Gasteiger partial charge in [-0.05, 0) is 38.1 Å². The summed E-state index contributed by atoms with van der Waals surface area (Å²) in [6, 6.07) is 7.76. The van der Waals surface area contributed by atoms with Crippen molar-refractivity contribution < 1.29 is 9.47 Å². The average Bonchev–Trinajstić information content (AvgIpc) is 2.31. The molecule has 0 amide bonds. The molecule has 16 heavy (non-hydrogen) atoms. The molecule has 1 rings (SSSR count). The number of ether oxygens (including phenoxy) is 2. The molecule has 3 heteroatoms. The van der Waals surface area contributed by atoms with E-state index in [0.717, 1.165) is 10.2 Å². The highest BCUT2D eigenvalue weighted by molar-refractivity contribution is 9.10. The Balaban J connectivity index is 0.00000106. The summed E-state index contributed by atoms with van der Waals surface area (Å²) in [7, 11) is 1.69. The van der Waals surface area contributed by atoms with E-state index in [1.54, 1.807) is 7.11 Å². The van der Waals surface area contributed by atoms with Crippen molar-refractivity contribution in [3.05, 3.63) is 28.7 Å². The lowest BCUT2D eigenvalue weighted by Gasteiger charge is -2.22. The summed E-state index contributed by atoms with van der Waals surface area (Å²) >= 11 is 3.37. The van der Waals surface area contributed by atoms with Crippen LogP contribution >= 0.6 is 15.9 Å². The summed E-state index contributed by atoms with van der Waals surface area (Å²) in [5, 5.41) is 0. The first-order valence-corrected chi connectivity index (χ1v) is 6.26. The fourth-order valence-electron chi connectivity index (χ4n) is 0.847. The number of hydrogen-bond acceptors (Lipinski definition) is 2. The predicted molar refractivity (Wildman–Crippen MR) is 72.1 cm³/mol. The molecule has 2 nitrogen and oxygen atoms in total. The third-order valence-corrected chi connectivity index (χ3v) is 2.48. The second kappa shape index (κ2) is 7.69. The molecular weight excluding hydrogens is 268 g/mol. The van der Waals surface area contributed by atoms with Gasteiger partial charge in [0.2, 0.25) is 0 Å². The molecule has 92 valence electrons. The maximum atomic E-state index is 5.57. The first-order chi connectivity index (χ1) is 7.53. The second-order valence-corrected chi connectivity index (χ2v) is 4.62. The van der Waals surface area contributed by atoms with Gasteiger partial charge in [0.05, 0.1) is 5.60 Å². The molecule has 0 atom stereocenters. The highest BCUT2D eigenvalue weighted by atomic mass is 79.9. The van der Waals surface area contributed by atoms with Gasteiger partial charge < -0.3 is 9.47 Å². The number of methoxy groups -OCH3 is 1. The lowest BCUT2D eigenvalue weighted by Crippen LogP contribution is -2.30. The Bertz CT molecular complexity index is 280. The van der Waals surface area contributed by atoms with Crippen LogP contribution in [0.1, 0.15) is 27.7 Å². The Hall–Kier alpha value is -0.540. The van der Waals surface area contributed by atoms with Gasteiger partial charge in [0.15, 0.2) is 0 Å². The van der Waals surface area contributed by atoms with Gasteiger partial charge in [-0.1, -0.05) is 29.8 Å². The second-order valence-electron chi connectivity index (χ2n) is 3.71. The molecule has 0 aliphatic heterocycles. The van der Waals surface area contributed by atoms with E-state index in [2.05, 4.69) is 15.9 Å². The molecular formula is C13H21BrO2. The minimum absolute atomic E-state index is 0.243. The zero-order chi connectivity index (χ0) is 12.6. The van der Waals surface area contributed by atoms with Gasteiger partial charge in [-0.15, -0.1) is 0 Å². The van der Waals surface area contributed by atoms with Gasteiger partial charge >= 0.3 is 0 Å². The van der Waals surface area contributed by atoms with Crippen molar-refractivity contribution in [1.29, 1.82) is 0 Å². The fourth-order valence-corrected chi connectivity index (χ4v) is 1.11. The van der Waals surface area contributed by atoms with Crippen LogP contribution in [0.2, 0.25) is 0 Å². The number of benzene rings is 1. The van der Waals surface area contributed by atoms with E-state index in [1.807, 2.05) is 52.0 Å². The van der Waals surface area contributed by atoms with Crippen LogP contribution in [-0.2, 0) is 4.74 Å². The summed E-state index contributed by atoms with van der Waals surface area (Å²) in [5.41, 5.74) is -0.243. The van der Waals surface area contributed by atoms with Crippen LogP contribution in [0.4, 0.5) is 0 Å². The van der Waals surface area contributed by atoms with Crippen LogP contribution in [-0.4, -0.2) is 19.3 Å². The molecule has 0 saturated heterocycles. The number of hydrogen-bond donors (Lipinski definition) is 0. The largest absolute Gasteiger partial charge is 0.491 e. The third kappa shape index (κ3) is 6.13. The minimum Gasteiger partial charge on any atom is -0.491 e. The predicted octanol–water partition coefficient (Wildman–Crippen LogP) is 4.28. The van der Waals surface area contributed by atoms with Crippen molar-refractivity contribution in [2.45, 2.75) is 33.3 Å². The van der Waals surface area contributed by atoms with E-state index in [-0.39, 0.29) is 5.60 Å². The van der Waals surface area contributed by atoms with Crippen molar-refractivity contribution in [1.82, 2.24) is 0 Å². The SMILES string of the molecule is CC.COC(C)(C)COc1ccc(Br)cc1. The highest BCUT2D eigenvalue weighted by Gasteiger charge is 2.16. The summed E-state index contributed by atoms with van der Waals surface area (Å²) in [6.07, 6.45) is 0.